The van der Waals surface area contributed by atoms with Crippen LogP contribution in [-0.2, 0) is 16.0 Å². The standard InChI is InChI=1S/C10H11F2NO3/c1-16-10(15)8(13)4-5-6(11)2-3-7(12)9(5)14/h2-3,8,14H,4,13H2,1H3. The van der Waals surface area contributed by atoms with Gasteiger partial charge in [-0.2, -0.15) is 0 Å². The molecule has 1 rings (SSSR count). The Kier molecular flexibility index (Phi) is 3.78. The minimum absolute atomic E-state index is 0.331. The van der Waals surface area contributed by atoms with E-state index in [1.165, 1.54) is 0 Å². The van der Waals surface area contributed by atoms with Gasteiger partial charge in [0.1, 0.15) is 11.9 Å². The monoisotopic (exact) mass is 231 g/mol. The average Bonchev–Trinajstić information content (AvgIpc) is 2.28. The van der Waals surface area contributed by atoms with Crippen molar-refractivity contribution in [2.45, 2.75) is 12.5 Å². The lowest BCUT2D eigenvalue weighted by Gasteiger charge is -2.11. The Bertz CT molecular complexity index is 409. The summed E-state index contributed by atoms with van der Waals surface area (Å²) in [4.78, 5) is 11.0. The van der Waals surface area contributed by atoms with Gasteiger partial charge in [0.15, 0.2) is 11.6 Å². The molecule has 0 saturated heterocycles. The van der Waals surface area contributed by atoms with Gasteiger partial charge < -0.3 is 15.6 Å². The molecule has 0 aliphatic carbocycles. The van der Waals surface area contributed by atoms with Crippen LogP contribution in [0.15, 0.2) is 12.1 Å². The van der Waals surface area contributed by atoms with Gasteiger partial charge in [-0.3, -0.25) is 4.79 Å². The number of carbonyl (C=O) groups is 1. The molecule has 0 radical (unpaired) electrons. The third-order valence-corrected chi connectivity index (χ3v) is 2.10. The molecule has 1 atom stereocenters. The minimum Gasteiger partial charge on any atom is -0.505 e. The van der Waals surface area contributed by atoms with Crippen LogP contribution >= 0.6 is 0 Å². The van der Waals surface area contributed by atoms with Crippen molar-refractivity contribution < 1.29 is 23.4 Å². The Balaban J connectivity index is 2.97. The lowest BCUT2D eigenvalue weighted by atomic mass is 10.0. The molecule has 0 heterocycles. The quantitative estimate of drug-likeness (QED) is 0.751. The van der Waals surface area contributed by atoms with E-state index in [1.807, 2.05) is 0 Å². The topological polar surface area (TPSA) is 72.5 Å². The number of esters is 1. The molecule has 0 amide bonds. The van der Waals surface area contributed by atoms with Gasteiger partial charge in [-0.15, -0.1) is 0 Å². The van der Waals surface area contributed by atoms with Crippen molar-refractivity contribution in [3.63, 3.8) is 0 Å². The highest BCUT2D eigenvalue weighted by Gasteiger charge is 2.20. The Labute approximate surface area is 90.6 Å². The van der Waals surface area contributed by atoms with E-state index in [0.717, 1.165) is 19.2 Å². The van der Waals surface area contributed by atoms with Gasteiger partial charge in [0.05, 0.1) is 7.11 Å². The zero-order chi connectivity index (χ0) is 12.3. The van der Waals surface area contributed by atoms with Crippen LogP contribution in [0.1, 0.15) is 5.56 Å². The van der Waals surface area contributed by atoms with Crippen LogP contribution in [0.4, 0.5) is 8.78 Å². The summed E-state index contributed by atoms with van der Waals surface area (Å²) in [5, 5.41) is 9.26. The fourth-order valence-corrected chi connectivity index (χ4v) is 1.23. The molecule has 16 heavy (non-hydrogen) atoms. The van der Waals surface area contributed by atoms with Crippen LogP contribution < -0.4 is 5.73 Å². The van der Waals surface area contributed by atoms with Gasteiger partial charge in [-0.05, 0) is 12.1 Å². The summed E-state index contributed by atoms with van der Waals surface area (Å²) in [7, 11) is 1.13. The number of ether oxygens (including phenoxy) is 1. The van der Waals surface area contributed by atoms with E-state index in [1.54, 1.807) is 0 Å². The van der Waals surface area contributed by atoms with Gasteiger partial charge in [-0.1, -0.05) is 0 Å². The molecule has 0 bridgehead atoms. The molecule has 0 saturated carbocycles. The average molecular weight is 231 g/mol. The first kappa shape index (κ1) is 12.4. The van der Waals surface area contributed by atoms with E-state index >= 15 is 0 Å². The number of methoxy groups -OCH3 is 1. The Morgan fingerprint density at radius 1 is 1.50 bits per heavy atom. The summed E-state index contributed by atoms with van der Waals surface area (Å²) in [5.41, 5.74) is 5.04. The van der Waals surface area contributed by atoms with E-state index < -0.39 is 29.4 Å². The number of hydrogen-bond donors (Lipinski definition) is 2. The first-order valence-corrected chi connectivity index (χ1v) is 4.46. The van der Waals surface area contributed by atoms with Crippen molar-refractivity contribution in [2.24, 2.45) is 5.73 Å². The number of halogens is 2. The second-order valence-electron chi connectivity index (χ2n) is 3.19. The van der Waals surface area contributed by atoms with Crippen LogP contribution in [0.5, 0.6) is 5.75 Å². The van der Waals surface area contributed by atoms with Crippen molar-refractivity contribution in [3.8, 4) is 5.75 Å². The molecule has 6 heteroatoms. The minimum atomic E-state index is -1.15. The van der Waals surface area contributed by atoms with Crippen LogP contribution in [-0.4, -0.2) is 24.2 Å². The summed E-state index contributed by atoms with van der Waals surface area (Å²) >= 11 is 0. The van der Waals surface area contributed by atoms with Crippen molar-refractivity contribution in [1.82, 2.24) is 0 Å². The molecule has 3 N–H and O–H groups in total. The Hall–Kier alpha value is -1.69. The summed E-state index contributed by atoms with van der Waals surface area (Å²) < 4.78 is 30.5. The molecule has 1 aromatic carbocycles. The Morgan fingerprint density at radius 3 is 2.62 bits per heavy atom. The van der Waals surface area contributed by atoms with E-state index in [2.05, 4.69) is 4.74 Å². The maximum atomic E-state index is 13.2. The van der Waals surface area contributed by atoms with Crippen LogP contribution in [0.25, 0.3) is 0 Å². The van der Waals surface area contributed by atoms with E-state index in [9.17, 15) is 18.7 Å². The highest BCUT2D eigenvalue weighted by molar-refractivity contribution is 5.75. The fourth-order valence-electron chi connectivity index (χ4n) is 1.23. The highest BCUT2D eigenvalue weighted by Crippen LogP contribution is 2.25. The molecule has 4 nitrogen and oxygen atoms in total. The smallest absolute Gasteiger partial charge is 0.322 e. The zero-order valence-electron chi connectivity index (χ0n) is 8.54. The lowest BCUT2D eigenvalue weighted by Crippen LogP contribution is -2.34. The second-order valence-corrected chi connectivity index (χ2v) is 3.19. The van der Waals surface area contributed by atoms with Crippen molar-refractivity contribution in [3.05, 3.63) is 29.3 Å². The fraction of sp³-hybridized carbons (Fsp3) is 0.300. The molecular weight excluding hydrogens is 220 g/mol. The number of phenols is 1. The number of rotatable bonds is 3. The summed E-state index contributed by atoms with van der Waals surface area (Å²) in [6.07, 6.45) is -0.331. The molecule has 0 fully saturated rings. The van der Waals surface area contributed by atoms with E-state index in [-0.39, 0.29) is 12.0 Å². The molecule has 88 valence electrons. The number of nitrogens with two attached hydrogens (primary N) is 1. The summed E-state index contributed by atoms with van der Waals surface area (Å²) in [6, 6.07) is 0.499. The highest BCUT2D eigenvalue weighted by atomic mass is 19.1. The first-order valence-electron chi connectivity index (χ1n) is 4.46. The van der Waals surface area contributed by atoms with Crippen LogP contribution in [0, 0.1) is 11.6 Å². The summed E-state index contributed by atoms with van der Waals surface area (Å²) in [6.45, 7) is 0. The van der Waals surface area contributed by atoms with Gasteiger partial charge in [-0.25, -0.2) is 8.78 Å². The van der Waals surface area contributed by atoms with Crippen LogP contribution in [0.3, 0.4) is 0 Å². The maximum absolute atomic E-state index is 13.2. The number of phenolic OH excluding ortho intramolecular Hbond substituents is 1. The SMILES string of the molecule is COC(=O)C(N)Cc1c(F)ccc(F)c1O. The van der Waals surface area contributed by atoms with Gasteiger partial charge in [0.2, 0.25) is 0 Å². The second kappa shape index (κ2) is 4.89. The molecule has 1 aromatic rings. The zero-order valence-corrected chi connectivity index (χ0v) is 8.54. The molecule has 0 spiro atoms. The van der Waals surface area contributed by atoms with Crippen molar-refractivity contribution in [2.75, 3.05) is 7.11 Å². The van der Waals surface area contributed by atoms with Crippen molar-refractivity contribution >= 4 is 5.97 Å². The first-order chi connectivity index (χ1) is 7.47. The normalized spacial score (nSPS) is 12.2. The van der Waals surface area contributed by atoms with Gasteiger partial charge in [0, 0.05) is 12.0 Å². The molecule has 0 aromatic heterocycles. The number of aromatic hydroxyl groups is 1. The van der Waals surface area contributed by atoms with Crippen LogP contribution in [0.2, 0.25) is 0 Å². The lowest BCUT2D eigenvalue weighted by molar-refractivity contribution is -0.142. The predicted octanol–water partition coefficient (Wildman–Crippen LogP) is 0.713. The Morgan fingerprint density at radius 2 is 2.06 bits per heavy atom. The maximum Gasteiger partial charge on any atom is 0.322 e. The third kappa shape index (κ3) is 2.46. The summed E-state index contributed by atoms with van der Waals surface area (Å²) in [5.74, 6) is -3.38. The van der Waals surface area contributed by atoms with E-state index in [4.69, 9.17) is 5.73 Å². The number of hydrogen-bond acceptors (Lipinski definition) is 4. The predicted molar refractivity (Wildman–Crippen MR) is 51.7 cm³/mol. The molecule has 0 aliphatic heterocycles. The van der Waals surface area contributed by atoms with Gasteiger partial charge >= 0.3 is 5.97 Å². The number of carbonyl (C=O) groups excluding carboxylic acids is 1. The molecule has 0 aliphatic rings. The molecular formula is C10H11F2NO3. The van der Waals surface area contributed by atoms with Crippen molar-refractivity contribution in [1.29, 1.82) is 0 Å². The largest absolute Gasteiger partial charge is 0.505 e. The number of benzene rings is 1. The van der Waals surface area contributed by atoms with E-state index in [0.29, 0.717) is 0 Å². The van der Waals surface area contributed by atoms with Gasteiger partial charge in [0.25, 0.3) is 0 Å². The third-order valence-electron chi connectivity index (χ3n) is 2.10. The molecule has 1 unspecified atom stereocenters.